The number of unbranched alkanes of at least 4 members (excludes halogenated alkanes) is 20. The van der Waals surface area contributed by atoms with Crippen LogP contribution in [0.25, 0.3) is 0 Å². The van der Waals surface area contributed by atoms with Gasteiger partial charge in [-0.2, -0.15) is 4.62 Å². The highest BCUT2D eigenvalue weighted by Gasteiger charge is 2.28. The van der Waals surface area contributed by atoms with Gasteiger partial charge in [-0.1, -0.05) is 142 Å². The molecule has 23 nitrogen and oxygen atoms in total. The zero-order chi connectivity index (χ0) is 53.1. The standard InChI is InChI=1S/C47H86N5O18P/c1-3-5-7-9-11-13-15-17-19-21-23-25-46(63)67-37-39(69-47(64)26-24-22-20-18-16-14-12-10-8-6-4-2)38-68-71(65,66)70-49-40(53)31-48-41(54)32-51(34-43(57)58)29-27-50(33-42(55)56)28-30-52(35-44(59)60)36-45(61)62/h39H,3-38H2,1-2H3,(H,48,54)(H,49,53)(H,55,56)(H,57,58)(H,59,60)(H,61,62)(H,65,66)/t39-/m1/s1. The van der Waals surface area contributed by atoms with E-state index in [1.54, 1.807) is 5.48 Å². The van der Waals surface area contributed by atoms with E-state index >= 15 is 0 Å². The van der Waals surface area contributed by atoms with Gasteiger partial charge in [0.25, 0.3) is 5.91 Å². The van der Waals surface area contributed by atoms with Crippen LogP contribution in [0.3, 0.4) is 0 Å². The number of ether oxygens (including phenoxy) is 2. The van der Waals surface area contributed by atoms with Crippen LogP contribution in [0.15, 0.2) is 0 Å². The predicted molar refractivity (Wildman–Crippen MR) is 261 cm³/mol. The molecule has 0 fully saturated rings. The Morgan fingerprint density at radius 1 is 0.479 bits per heavy atom. The first-order valence-corrected chi connectivity index (χ1v) is 27.0. The minimum absolute atomic E-state index is 0.0672. The molecule has 71 heavy (non-hydrogen) atoms. The van der Waals surface area contributed by atoms with Crippen molar-refractivity contribution in [3.05, 3.63) is 0 Å². The van der Waals surface area contributed by atoms with Crippen molar-refractivity contribution in [1.29, 1.82) is 0 Å². The van der Waals surface area contributed by atoms with Crippen molar-refractivity contribution in [1.82, 2.24) is 25.5 Å². The number of carboxylic acid groups (broad SMARTS) is 4. The molecule has 0 aromatic heterocycles. The first-order valence-electron chi connectivity index (χ1n) is 25.5. The normalized spacial score (nSPS) is 12.6. The molecule has 0 rings (SSSR count). The SMILES string of the molecule is CCCCCCCCCCCCCC(=O)OC[C@H](COP(=O)(O)ONC(=O)CNC(=O)CN(CCN(CCN(CC(=O)O)CC(=O)O)CC(=O)O)CC(=O)O)OC(=O)CCCCCCCCCCCCC. The molecule has 0 saturated carbocycles. The first kappa shape index (κ1) is 66.8. The number of carbonyl (C=O) groups is 8. The highest BCUT2D eigenvalue weighted by Crippen LogP contribution is 2.42. The maximum absolute atomic E-state index is 12.8. The number of hydrogen-bond acceptors (Lipinski definition) is 16. The Morgan fingerprint density at radius 2 is 0.845 bits per heavy atom. The molecule has 0 aliphatic heterocycles. The van der Waals surface area contributed by atoms with Gasteiger partial charge in [0, 0.05) is 39.0 Å². The second kappa shape index (κ2) is 43.3. The summed E-state index contributed by atoms with van der Waals surface area (Å²) < 4.78 is 33.1. The Balaban J connectivity index is 5.16. The zero-order valence-corrected chi connectivity index (χ0v) is 43.3. The van der Waals surface area contributed by atoms with Crippen molar-refractivity contribution < 1.29 is 86.9 Å². The molecular weight excluding hydrogens is 954 g/mol. The van der Waals surface area contributed by atoms with Crippen LogP contribution in [0.5, 0.6) is 0 Å². The lowest BCUT2D eigenvalue weighted by Gasteiger charge is -2.27. The lowest BCUT2D eigenvalue weighted by Crippen LogP contribution is -2.47. The summed E-state index contributed by atoms with van der Waals surface area (Å²) in [6.45, 7) is -1.37. The third-order valence-electron chi connectivity index (χ3n) is 11.1. The zero-order valence-electron chi connectivity index (χ0n) is 42.4. The molecule has 0 aromatic rings. The fourth-order valence-electron chi connectivity index (χ4n) is 7.30. The van der Waals surface area contributed by atoms with E-state index in [-0.39, 0.29) is 39.0 Å². The lowest BCUT2D eigenvalue weighted by atomic mass is 10.1. The van der Waals surface area contributed by atoms with Gasteiger partial charge in [-0.3, -0.25) is 57.6 Å². The van der Waals surface area contributed by atoms with Crippen LogP contribution in [0.1, 0.15) is 168 Å². The predicted octanol–water partition coefficient (Wildman–Crippen LogP) is 5.37. The summed E-state index contributed by atoms with van der Waals surface area (Å²) in [6.07, 6.45) is 23.0. The second-order valence-corrected chi connectivity index (χ2v) is 19.2. The van der Waals surface area contributed by atoms with Gasteiger partial charge in [0.1, 0.15) is 6.61 Å². The summed E-state index contributed by atoms with van der Waals surface area (Å²) in [6, 6.07) is 0. The number of nitrogens with one attached hydrogen (secondary N) is 2. The number of carbonyl (C=O) groups excluding carboxylic acids is 4. The molecule has 0 radical (unpaired) electrons. The lowest BCUT2D eigenvalue weighted by molar-refractivity contribution is -0.161. The average Bonchev–Trinajstić information content (AvgIpc) is 3.29. The number of hydroxylamine groups is 1. The maximum atomic E-state index is 12.8. The Kier molecular flexibility index (Phi) is 40.7. The molecule has 0 aromatic carbocycles. The minimum Gasteiger partial charge on any atom is -0.480 e. The van der Waals surface area contributed by atoms with Crippen molar-refractivity contribution in [2.45, 2.75) is 174 Å². The number of phosphoric ester groups is 1. The van der Waals surface area contributed by atoms with E-state index in [4.69, 9.17) is 24.2 Å². The number of amides is 2. The molecule has 2 atom stereocenters. The molecule has 24 heteroatoms. The fraction of sp³-hybridized carbons (Fsp3) is 0.830. The van der Waals surface area contributed by atoms with Gasteiger partial charge in [-0.05, 0) is 12.8 Å². The van der Waals surface area contributed by atoms with E-state index < -0.39 is 114 Å². The molecule has 0 saturated heterocycles. The van der Waals surface area contributed by atoms with Crippen molar-refractivity contribution in [2.24, 2.45) is 0 Å². The van der Waals surface area contributed by atoms with Crippen molar-refractivity contribution in [3.8, 4) is 0 Å². The minimum atomic E-state index is -5.08. The summed E-state index contributed by atoms with van der Waals surface area (Å²) in [5.41, 5.74) is 1.67. The van der Waals surface area contributed by atoms with E-state index in [0.717, 1.165) is 61.2 Å². The molecule has 0 bridgehead atoms. The highest BCUT2D eigenvalue weighted by atomic mass is 31.2. The number of aliphatic carboxylic acids is 4. The van der Waals surface area contributed by atoms with Gasteiger partial charge in [-0.25, -0.2) is 10.0 Å². The Hall–Kier alpha value is -4.25. The molecule has 0 spiro atoms. The number of rotatable bonds is 50. The molecule has 7 N–H and O–H groups in total. The molecule has 0 aliphatic carbocycles. The quantitative estimate of drug-likeness (QED) is 0.0174. The monoisotopic (exact) mass is 1040 g/mol. The van der Waals surface area contributed by atoms with Gasteiger partial charge < -0.3 is 40.1 Å². The maximum Gasteiger partial charge on any atom is 0.493 e. The van der Waals surface area contributed by atoms with Gasteiger partial charge in [0.05, 0.1) is 45.9 Å². The fourth-order valence-corrected chi connectivity index (χ4v) is 7.93. The van der Waals surface area contributed by atoms with E-state index in [1.807, 2.05) is 0 Å². The van der Waals surface area contributed by atoms with Gasteiger partial charge in [0.15, 0.2) is 6.10 Å². The largest absolute Gasteiger partial charge is 0.493 e. The third-order valence-corrected chi connectivity index (χ3v) is 11.9. The summed E-state index contributed by atoms with van der Waals surface area (Å²) in [5, 5.41) is 39.1. The van der Waals surface area contributed by atoms with Crippen molar-refractivity contribution in [2.75, 3.05) is 78.7 Å². The topological polar surface area (TPSA) is 325 Å². The molecule has 0 aliphatic rings. The van der Waals surface area contributed by atoms with E-state index in [2.05, 4.69) is 23.8 Å². The second-order valence-electron chi connectivity index (χ2n) is 17.8. The number of carboxylic acids is 4. The number of phosphoric acid groups is 1. The van der Waals surface area contributed by atoms with Gasteiger partial charge in [0.2, 0.25) is 5.91 Å². The van der Waals surface area contributed by atoms with Crippen LogP contribution >= 0.6 is 7.82 Å². The summed E-state index contributed by atoms with van der Waals surface area (Å²) in [5.74, 6) is -8.39. The summed E-state index contributed by atoms with van der Waals surface area (Å²) in [4.78, 5) is 110. The van der Waals surface area contributed by atoms with Crippen LogP contribution in [-0.4, -0.2) is 172 Å². The van der Waals surface area contributed by atoms with Crippen molar-refractivity contribution >= 4 is 55.5 Å². The van der Waals surface area contributed by atoms with E-state index in [0.29, 0.717) is 12.8 Å². The molecule has 1 unspecified atom stereocenters. The average molecular weight is 1040 g/mol. The smallest absolute Gasteiger partial charge is 0.480 e. The Bertz CT molecular complexity index is 1560. The number of nitrogens with zero attached hydrogens (tertiary/aromatic N) is 3. The van der Waals surface area contributed by atoms with Gasteiger partial charge >= 0.3 is 43.6 Å². The summed E-state index contributed by atoms with van der Waals surface area (Å²) >= 11 is 0. The highest BCUT2D eigenvalue weighted by molar-refractivity contribution is 7.47. The number of esters is 2. The molecule has 0 heterocycles. The van der Waals surface area contributed by atoms with E-state index in [9.17, 15) is 58.0 Å². The van der Waals surface area contributed by atoms with Crippen LogP contribution in [0.2, 0.25) is 0 Å². The summed E-state index contributed by atoms with van der Waals surface area (Å²) in [7, 11) is -5.08. The third kappa shape index (κ3) is 44.2. The Labute approximate surface area is 419 Å². The van der Waals surface area contributed by atoms with Crippen molar-refractivity contribution in [3.63, 3.8) is 0 Å². The number of hydrogen-bond donors (Lipinski definition) is 7. The van der Waals surface area contributed by atoms with Crippen LogP contribution in [0, 0.1) is 0 Å². The van der Waals surface area contributed by atoms with Crippen LogP contribution in [-0.2, 0) is 61.5 Å². The molecular formula is C47H86N5O18P. The molecule has 2 amide bonds. The van der Waals surface area contributed by atoms with Crippen LogP contribution in [0.4, 0.5) is 0 Å². The first-order chi connectivity index (χ1) is 33.8. The Morgan fingerprint density at radius 3 is 1.27 bits per heavy atom. The van der Waals surface area contributed by atoms with Crippen LogP contribution < -0.4 is 10.8 Å². The van der Waals surface area contributed by atoms with Gasteiger partial charge in [-0.15, -0.1) is 0 Å². The van der Waals surface area contributed by atoms with E-state index in [1.165, 1.54) is 81.9 Å². The molecule has 412 valence electrons.